The van der Waals surface area contributed by atoms with Gasteiger partial charge in [-0.2, -0.15) is 0 Å². The van der Waals surface area contributed by atoms with Crippen molar-refractivity contribution >= 4 is 0 Å². The molecule has 0 bridgehead atoms. The predicted octanol–water partition coefficient (Wildman–Crippen LogP) is -1.12. The van der Waals surface area contributed by atoms with Crippen molar-refractivity contribution in [3.63, 3.8) is 0 Å². The summed E-state index contributed by atoms with van der Waals surface area (Å²) in [5.41, 5.74) is 0. The third-order valence-electron chi connectivity index (χ3n) is 6.58. The minimum absolute atomic E-state index is 0.0138. The molecular weight excluding hydrogens is 316 g/mol. The van der Waals surface area contributed by atoms with Gasteiger partial charge in [0.2, 0.25) is 0 Å². The second-order valence-corrected chi connectivity index (χ2v) is 7.99. The van der Waals surface area contributed by atoms with Crippen LogP contribution in [0.4, 0.5) is 0 Å². The summed E-state index contributed by atoms with van der Waals surface area (Å²) in [7, 11) is 2.25. The van der Waals surface area contributed by atoms with Crippen LogP contribution in [0.15, 0.2) is 0 Å². The van der Waals surface area contributed by atoms with Crippen LogP contribution in [0.1, 0.15) is 12.8 Å². The Hall–Kier alpha value is -0.280. The minimum atomic E-state index is -0.0138. The highest BCUT2D eigenvalue weighted by atomic mass is 16.5. The molecule has 0 aliphatic carbocycles. The van der Waals surface area contributed by atoms with Crippen LogP contribution >= 0.6 is 0 Å². The molecule has 0 saturated carbocycles. The average molecular weight is 353 g/mol. The van der Waals surface area contributed by atoms with E-state index in [1.807, 2.05) is 0 Å². The zero-order chi connectivity index (χ0) is 17.1. The fourth-order valence-electron chi connectivity index (χ4n) is 5.21. The molecule has 0 radical (unpaired) electrons. The first-order valence-electron chi connectivity index (χ1n) is 10.3. The van der Waals surface area contributed by atoms with Gasteiger partial charge in [0.1, 0.15) is 5.79 Å². The van der Waals surface area contributed by atoms with Crippen molar-refractivity contribution in [1.29, 1.82) is 0 Å². The highest BCUT2D eigenvalue weighted by molar-refractivity contribution is 5.04. The summed E-state index contributed by atoms with van der Waals surface area (Å²) >= 11 is 0. The van der Waals surface area contributed by atoms with E-state index in [0.29, 0.717) is 6.04 Å². The van der Waals surface area contributed by atoms with Gasteiger partial charge in [-0.15, -0.1) is 0 Å². The quantitative estimate of drug-likeness (QED) is 0.667. The summed E-state index contributed by atoms with van der Waals surface area (Å²) in [4.78, 5) is 10.7. The third-order valence-corrected chi connectivity index (χ3v) is 6.58. The number of nitrogens with zero attached hydrogens (tertiary/aromatic N) is 4. The van der Waals surface area contributed by atoms with Crippen LogP contribution in [0.25, 0.3) is 0 Å². The van der Waals surface area contributed by atoms with E-state index in [9.17, 15) is 0 Å². The maximum Gasteiger partial charge on any atom is 0.144 e. The average Bonchev–Trinajstić information content (AvgIpc) is 2.70. The van der Waals surface area contributed by atoms with Crippen molar-refractivity contribution in [2.45, 2.75) is 24.7 Å². The Morgan fingerprint density at radius 1 is 0.840 bits per heavy atom. The van der Waals surface area contributed by atoms with Crippen molar-refractivity contribution < 1.29 is 4.74 Å². The van der Waals surface area contributed by atoms with E-state index in [0.717, 1.165) is 59.0 Å². The molecule has 0 aromatic carbocycles. The summed E-state index contributed by atoms with van der Waals surface area (Å²) in [5.74, 6) is -0.0138. The third kappa shape index (κ3) is 3.60. The van der Waals surface area contributed by atoms with Crippen LogP contribution in [0.5, 0.6) is 0 Å². The van der Waals surface area contributed by atoms with E-state index in [1.54, 1.807) is 0 Å². The topological polar surface area (TPSA) is 46.2 Å². The van der Waals surface area contributed by atoms with Gasteiger partial charge in [-0.3, -0.25) is 20.0 Å². The molecule has 2 atom stereocenters. The van der Waals surface area contributed by atoms with Crippen LogP contribution in [-0.2, 0) is 4.74 Å². The molecule has 0 aromatic rings. The van der Waals surface area contributed by atoms with Gasteiger partial charge in [0, 0.05) is 65.4 Å². The first kappa shape index (κ1) is 18.1. The van der Waals surface area contributed by atoms with E-state index in [1.165, 1.54) is 39.0 Å². The molecule has 4 saturated heterocycles. The lowest BCUT2D eigenvalue weighted by molar-refractivity contribution is -0.178. The van der Waals surface area contributed by atoms with Crippen LogP contribution in [-0.4, -0.2) is 124 Å². The first-order chi connectivity index (χ1) is 12.3. The molecule has 2 N–H and O–H groups in total. The fraction of sp³-hybridized carbons (Fsp3) is 1.00. The normalized spacial score (nSPS) is 38.0. The number of morpholine rings is 1. The van der Waals surface area contributed by atoms with Gasteiger partial charge in [-0.05, 0) is 26.4 Å². The molecular formula is C18H36N6O. The zero-order valence-corrected chi connectivity index (χ0v) is 15.9. The van der Waals surface area contributed by atoms with Crippen LogP contribution in [0.2, 0.25) is 0 Å². The number of hydrogen-bond donors (Lipinski definition) is 2. The molecule has 144 valence electrons. The van der Waals surface area contributed by atoms with Crippen molar-refractivity contribution in [1.82, 2.24) is 30.2 Å². The summed E-state index contributed by atoms with van der Waals surface area (Å²) in [6, 6.07) is 0.575. The maximum atomic E-state index is 5.70. The van der Waals surface area contributed by atoms with E-state index in [-0.39, 0.29) is 5.79 Å². The lowest BCUT2D eigenvalue weighted by Gasteiger charge is -2.61. The summed E-state index contributed by atoms with van der Waals surface area (Å²) < 4.78 is 5.70. The molecule has 4 aliphatic rings. The first-order valence-corrected chi connectivity index (χ1v) is 10.3. The predicted molar refractivity (Wildman–Crippen MR) is 99.7 cm³/mol. The summed E-state index contributed by atoms with van der Waals surface area (Å²) in [5, 5.41) is 7.59. The lowest BCUT2D eigenvalue weighted by Crippen LogP contribution is -2.81. The largest absolute Gasteiger partial charge is 0.379 e. The van der Waals surface area contributed by atoms with Crippen molar-refractivity contribution in [3.05, 3.63) is 0 Å². The van der Waals surface area contributed by atoms with Crippen molar-refractivity contribution in [2.24, 2.45) is 0 Å². The van der Waals surface area contributed by atoms with Gasteiger partial charge >= 0.3 is 0 Å². The Morgan fingerprint density at radius 2 is 1.52 bits per heavy atom. The minimum Gasteiger partial charge on any atom is -0.379 e. The highest BCUT2D eigenvalue weighted by Gasteiger charge is 2.52. The Labute approximate surface area is 152 Å². The SMILES string of the molecule is CN1CCN(C2CCCNC2(N2CCNCC2)N2CCOCC2)CC1. The van der Waals surface area contributed by atoms with Gasteiger partial charge in [-0.25, -0.2) is 0 Å². The van der Waals surface area contributed by atoms with E-state index in [2.05, 4.69) is 37.3 Å². The van der Waals surface area contributed by atoms with E-state index < -0.39 is 0 Å². The van der Waals surface area contributed by atoms with Crippen LogP contribution in [0, 0.1) is 0 Å². The smallest absolute Gasteiger partial charge is 0.144 e. The highest BCUT2D eigenvalue weighted by Crippen LogP contribution is 2.33. The van der Waals surface area contributed by atoms with Gasteiger partial charge in [0.15, 0.2) is 0 Å². The number of likely N-dealkylation sites (N-methyl/N-ethyl adjacent to an activating group) is 1. The Balaban J connectivity index is 1.62. The Morgan fingerprint density at radius 3 is 2.24 bits per heavy atom. The second kappa shape index (κ2) is 8.17. The monoisotopic (exact) mass is 352 g/mol. The second-order valence-electron chi connectivity index (χ2n) is 7.99. The van der Waals surface area contributed by atoms with E-state index >= 15 is 0 Å². The molecule has 0 aromatic heterocycles. The van der Waals surface area contributed by atoms with Crippen LogP contribution in [0.3, 0.4) is 0 Å². The number of piperidine rings is 1. The molecule has 25 heavy (non-hydrogen) atoms. The number of piperazine rings is 2. The molecule has 4 heterocycles. The molecule has 4 rings (SSSR count). The van der Waals surface area contributed by atoms with E-state index in [4.69, 9.17) is 4.74 Å². The Kier molecular flexibility index (Phi) is 5.91. The molecule has 4 aliphatic heterocycles. The Bertz CT molecular complexity index is 398. The summed E-state index contributed by atoms with van der Waals surface area (Å²) in [6.45, 7) is 14.2. The van der Waals surface area contributed by atoms with Gasteiger partial charge in [-0.1, -0.05) is 0 Å². The number of rotatable bonds is 3. The fourth-order valence-corrected chi connectivity index (χ4v) is 5.21. The molecule has 2 unspecified atom stereocenters. The summed E-state index contributed by atoms with van der Waals surface area (Å²) in [6.07, 6.45) is 2.59. The number of hydrogen-bond acceptors (Lipinski definition) is 7. The molecule has 4 fully saturated rings. The molecule has 0 spiro atoms. The zero-order valence-electron chi connectivity index (χ0n) is 15.9. The molecule has 0 amide bonds. The van der Waals surface area contributed by atoms with Gasteiger partial charge in [0.25, 0.3) is 0 Å². The van der Waals surface area contributed by atoms with Gasteiger partial charge < -0.3 is 15.0 Å². The standard InChI is InChI=1S/C18H36N6O/c1-21-9-11-22(12-10-21)17-3-2-4-20-18(17,23-7-5-19-6-8-23)24-13-15-25-16-14-24/h17,19-20H,2-16H2,1H3. The number of nitrogens with one attached hydrogen (secondary N) is 2. The number of ether oxygens (including phenoxy) is 1. The molecule has 7 heteroatoms. The van der Waals surface area contributed by atoms with Crippen molar-refractivity contribution in [2.75, 3.05) is 92.3 Å². The lowest BCUT2D eigenvalue weighted by atomic mass is 9.92. The molecule has 7 nitrogen and oxygen atoms in total. The van der Waals surface area contributed by atoms with Crippen molar-refractivity contribution in [3.8, 4) is 0 Å². The van der Waals surface area contributed by atoms with Crippen LogP contribution < -0.4 is 10.6 Å². The maximum absolute atomic E-state index is 5.70. The van der Waals surface area contributed by atoms with Gasteiger partial charge in [0.05, 0.1) is 19.3 Å².